The monoisotopic (exact) mass is 337 g/mol. The van der Waals surface area contributed by atoms with Gasteiger partial charge in [0.05, 0.1) is 12.4 Å². The molecule has 0 atom stereocenters. The number of hydrogen-bond donors (Lipinski definition) is 2. The number of para-hydroxylation sites is 1. The lowest BCUT2D eigenvalue weighted by molar-refractivity contribution is 0.809. The number of nitrogens with zero attached hydrogens (tertiary/aromatic N) is 1. The number of thiophene rings is 1. The van der Waals surface area contributed by atoms with E-state index in [2.05, 4.69) is 44.4 Å². The van der Waals surface area contributed by atoms with E-state index in [9.17, 15) is 0 Å². The molecule has 1 aromatic carbocycles. The molecule has 0 radical (unpaired) electrons. The number of rotatable bonds is 6. The summed E-state index contributed by atoms with van der Waals surface area (Å²) in [6.07, 6.45) is 0.581. The molecule has 0 fully saturated rings. The van der Waals surface area contributed by atoms with E-state index in [1.807, 2.05) is 18.2 Å². The molecule has 3 nitrogen and oxygen atoms in total. The second kappa shape index (κ2) is 6.73. The Labute approximate surface area is 125 Å². The standard InChI is InChI=1S/C14H16BrN3S/c15-12-7-9-19-13(12)10-18(8-6-14(16)17)11-4-2-1-3-5-11/h1-5,7,9H,6,8,10H2,(H3,16,17). The highest BCUT2D eigenvalue weighted by Gasteiger charge is 2.10. The van der Waals surface area contributed by atoms with E-state index < -0.39 is 0 Å². The van der Waals surface area contributed by atoms with Gasteiger partial charge >= 0.3 is 0 Å². The number of anilines is 1. The van der Waals surface area contributed by atoms with Crippen LogP contribution in [-0.2, 0) is 6.54 Å². The van der Waals surface area contributed by atoms with Crippen molar-refractivity contribution in [3.8, 4) is 0 Å². The third-order valence-corrected chi connectivity index (χ3v) is 4.71. The fraction of sp³-hybridized carbons (Fsp3) is 0.214. The Balaban J connectivity index is 2.15. The van der Waals surface area contributed by atoms with Crippen LogP contribution in [0.15, 0.2) is 46.3 Å². The Hall–Kier alpha value is -1.33. The van der Waals surface area contributed by atoms with Gasteiger partial charge in [0.1, 0.15) is 0 Å². The maximum Gasteiger partial charge on any atom is 0.0923 e. The summed E-state index contributed by atoms with van der Waals surface area (Å²) in [5, 5.41) is 9.46. The maximum atomic E-state index is 7.39. The SMILES string of the molecule is N=C(N)CCN(Cc1sccc1Br)c1ccccc1. The minimum atomic E-state index is 0.228. The molecule has 0 aliphatic heterocycles. The zero-order chi connectivity index (χ0) is 13.7. The van der Waals surface area contributed by atoms with Crippen molar-refractivity contribution in [1.82, 2.24) is 0 Å². The zero-order valence-electron chi connectivity index (χ0n) is 10.5. The van der Waals surface area contributed by atoms with E-state index in [0.717, 1.165) is 23.2 Å². The number of hydrogen-bond acceptors (Lipinski definition) is 3. The van der Waals surface area contributed by atoms with Crippen LogP contribution in [0, 0.1) is 5.41 Å². The maximum absolute atomic E-state index is 7.39. The van der Waals surface area contributed by atoms with Crippen molar-refractivity contribution >= 4 is 38.8 Å². The van der Waals surface area contributed by atoms with E-state index in [1.54, 1.807) is 11.3 Å². The third kappa shape index (κ3) is 4.08. The molecule has 0 bridgehead atoms. The fourth-order valence-electron chi connectivity index (χ4n) is 1.80. The minimum Gasteiger partial charge on any atom is -0.388 e. The van der Waals surface area contributed by atoms with Crippen molar-refractivity contribution in [1.29, 1.82) is 5.41 Å². The smallest absolute Gasteiger partial charge is 0.0923 e. The summed E-state index contributed by atoms with van der Waals surface area (Å²) < 4.78 is 1.14. The lowest BCUT2D eigenvalue weighted by atomic mass is 10.2. The fourth-order valence-corrected chi connectivity index (χ4v) is 3.30. The summed E-state index contributed by atoms with van der Waals surface area (Å²) in [5.74, 6) is 0.228. The molecule has 2 aromatic rings. The van der Waals surface area contributed by atoms with Gasteiger partial charge in [0.2, 0.25) is 0 Å². The van der Waals surface area contributed by atoms with Crippen molar-refractivity contribution in [3.05, 3.63) is 51.1 Å². The van der Waals surface area contributed by atoms with E-state index in [4.69, 9.17) is 11.1 Å². The Morgan fingerprint density at radius 1 is 1.26 bits per heavy atom. The molecule has 1 aromatic heterocycles. The number of amidine groups is 1. The number of nitrogens with one attached hydrogen (secondary N) is 1. The van der Waals surface area contributed by atoms with Gasteiger partial charge in [-0.3, -0.25) is 5.41 Å². The molecule has 1 heterocycles. The van der Waals surface area contributed by atoms with Crippen molar-refractivity contribution in [3.63, 3.8) is 0 Å². The van der Waals surface area contributed by atoms with E-state index in [-0.39, 0.29) is 5.84 Å². The largest absolute Gasteiger partial charge is 0.388 e. The van der Waals surface area contributed by atoms with Crippen LogP contribution >= 0.6 is 27.3 Å². The molecule has 2 rings (SSSR count). The quantitative estimate of drug-likeness (QED) is 0.621. The van der Waals surface area contributed by atoms with Gasteiger partial charge in [-0.15, -0.1) is 11.3 Å². The Morgan fingerprint density at radius 2 is 2.00 bits per heavy atom. The molecule has 19 heavy (non-hydrogen) atoms. The molecular formula is C14H16BrN3S. The molecule has 0 aliphatic carbocycles. The van der Waals surface area contributed by atoms with Gasteiger partial charge < -0.3 is 10.6 Å². The first kappa shape index (κ1) is 14.1. The molecule has 0 saturated carbocycles. The normalized spacial score (nSPS) is 10.4. The van der Waals surface area contributed by atoms with Crippen molar-refractivity contribution in [2.75, 3.05) is 11.4 Å². The topological polar surface area (TPSA) is 53.1 Å². The van der Waals surface area contributed by atoms with Gasteiger partial charge in [-0.05, 0) is 39.5 Å². The summed E-state index contributed by atoms with van der Waals surface area (Å²) in [6.45, 7) is 1.58. The van der Waals surface area contributed by atoms with Gasteiger partial charge in [-0.1, -0.05) is 18.2 Å². The number of benzene rings is 1. The number of halogens is 1. The predicted octanol–water partition coefficient (Wildman–Crippen LogP) is 3.84. The van der Waals surface area contributed by atoms with Gasteiger partial charge in [-0.2, -0.15) is 0 Å². The Bertz CT molecular complexity index is 539. The molecule has 3 N–H and O–H groups in total. The molecule has 0 saturated heterocycles. The average Bonchev–Trinajstić information content (AvgIpc) is 2.81. The summed E-state index contributed by atoms with van der Waals surface area (Å²) >= 11 is 5.30. The summed E-state index contributed by atoms with van der Waals surface area (Å²) in [4.78, 5) is 3.53. The van der Waals surface area contributed by atoms with Crippen molar-refractivity contribution in [2.45, 2.75) is 13.0 Å². The molecule has 5 heteroatoms. The number of nitrogens with two attached hydrogens (primary N) is 1. The Morgan fingerprint density at radius 3 is 2.58 bits per heavy atom. The second-order valence-electron chi connectivity index (χ2n) is 4.22. The summed E-state index contributed by atoms with van der Waals surface area (Å²) in [7, 11) is 0. The first-order valence-electron chi connectivity index (χ1n) is 6.01. The third-order valence-electron chi connectivity index (χ3n) is 2.80. The Kier molecular flexibility index (Phi) is 4.99. The first-order valence-corrected chi connectivity index (χ1v) is 7.69. The van der Waals surface area contributed by atoms with Crippen LogP contribution in [0.2, 0.25) is 0 Å². The minimum absolute atomic E-state index is 0.228. The van der Waals surface area contributed by atoms with E-state index in [0.29, 0.717) is 6.42 Å². The highest BCUT2D eigenvalue weighted by molar-refractivity contribution is 9.10. The van der Waals surface area contributed by atoms with Gasteiger partial charge in [0, 0.05) is 28.0 Å². The molecule has 0 amide bonds. The van der Waals surface area contributed by atoms with E-state index in [1.165, 1.54) is 4.88 Å². The molecule has 0 aliphatic rings. The lowest BCUT2D eigenvalue weighted by Gasteiger charge is -2.24. The zero-order valence-corrected chi connectivity index (χ0v) is 12.9. The van der Waals surface area contributed by atoms with E-state index >= 15 is 0 Å². The van der Waals surface area contributed by atoms with Crippen molar-refractivity contribution in [2.24, 2.45) is 5.73 Å². The second-order valence-corrected chi connectivity index (χ2v) is 6.08. The lowest BCUT2D eigenvalue weighted by Crippen LogP contribution is -2.27. The van der Waals surface area contributed by atoms with Crippen molar-refractivity contribution < 1.29 is 0 Å². The summed E-state index contributed by atoms with van der Waals surface area (Å²) in [6, 6.07) is 12.3. The van der Waals surface area contributed by atoms with Gasteiger partial charge in [0.15, 0.2) is 0 Å². The van der Waals surface area contributed by atoms with Gasteiger partial charge in [0.25, 0.3) is 0 Å². The predicted molar refractivity (Wildman–Crippen MR) is 86.0 cm³/mol. The molecule has 0 spiro atoms. The van der Waals surface area contributed by atoms with Gasteiger partial charge in [-0.25, -0.2) is 0 Å². The highest BCUT2D eigenvalue weighted by atomic mass is 79.9. The average molecular weight is 338 g/mol. The van der Waals surface area contributed by atoms with Crippen LogP contribution in [0.25, 0.3) is 0 Å². The molecule has 100 valence electrons. The highest BCUT2D eigenvalue weighted by Crippen LogP contribution is 2.26. The van der Waals surface area contributed by atoms with Crippen LogP contribution in [0.3, 0.4) is 0 Å². The van der Waals surface area contributed by atoms with Crippen LogP contribution in [-0.4, -0.2) is 12.4 Å². The molecule has 0 unspecified atom stereocenters. The van der Waals surface area contributed by atoms with Crippen LogP contribution in [0.5, 0.6) is 0 Å². The first-order chi connectivity index (χ1) is 9.16. The van der Waals surface area contributed by atoms with Crippen LogP contribution < -0.4 is 10.6 Å². The van der Waals surface area contributed by atoms with Crippen LogP contribution in [0.1, 0.15) is 11.3 Å². The molecular weight excluding hydrogens is 322 g/mol. The summed E-state index contributed by atoms with van der Waals surface area (Å²) in [5.41, 5.74) is 6.63. The van der Waals surface area contributed by atoms with Crippen LogP contribution in [0.4, 0.5) is 5.69 Å².